The molecule has 0 bridgehead atoms. The Bertz CT molecular complexity index is 504. The molecule has 0 aromatic heterocycles. The fourth-order valence-electron chi connectivity index (χ4n) is 3.40. The van der Waals surface area contributed by atoms with Crippen LogP contribution in [-0.4, -0.2) is 70.1 Å². The van der Waals surface area contributed by atoms with Gasteiger partial charge in [0.2, 0.25) is 0 Å². The van der Waals surface area contributed by atoms with Crippen LogP contribution in [0.2, 0.25) is 0 Å². The topological polar surface area (TPSA) is 77.5 Å². The Morgan fingerprint density at radius 1 is 0.794 bits per heavy atom. The lowest BCUT2D eigenvalue weighted by Crippen LogP contribution is -2.24. The third-order valence-corrected chi connectivity index (χ3v) is 6.64. The maximum absolute atomic E-state index is 11.9. The lowest BCUT2D eigenvalue weighted by molar-refractivity contribution is -0.0222. The van der Waals surface area contributed by atoms with Crippen molar-refractivity contribution in [2.24, 2.45) is 0 Å². The van der Waals surface area contributed by atoms with Gasteiger partial charge >= 0.3 is 7.82 Å². The van der Waals surface area contributed by atoms with Crippen LogP contribution in [0.5, 0.6) is 0 Å². The summed E-state index contributed by atoms with van der Waals surface area (Å²) in [5.74, 6) is 0. The van der Waals surface area contributed by atoms with E-state index in [-0.39, 0.29) is 13.2 Å². The quantitative estimate of drug-likeness (QED) is 0.0788. The van der Waals surface area contributed by atoms with Crippen molar-refractivity contribution in [3.05, 3.63) is 12.2 Å². The SMILES string of the molecule is CCCCCCCC/C=C/CCCCCCCCOCC(COP(=O)(O)OCCN(C)C)OC. The maximum atomic E-state index is 11.9. The number of phosphoric ester groups is 1. The molecule has 0 amide bonds. The molecule has 0 rings (SSSR count). The highest BCUT2D eigenvalue weighted by Gasteiger charge is 2.23. The van der Waals surface area contributed by atoms with Gasteiger partial charge in [-0.1, -0.05) is 76.9 Å². The number of ether oxygens (including phenoxy) is 2. The van der Waals surface area contributed by atoms with Crippen LogP contribution in [-0.2, 0) is 23.1 Å². The van der Waals surface area contributed by atoms with Gasteiger partial charge in [-0.2, -0.15) is 0 Å². The maximum Gasteiger partial charge on any atom is 0.472 e. The van der Waals surface area contributed by atoms with Crippen molar-refractivity contribution in [3.63, 3.8) is 0 Å². The fraction of sp³-hybridized carbons (Fsp3) is 0.923. The molecule has 0 aromatic rings. The van der Waals surface area contributed by atoms with E-state index in [1.807, 2.05) is 19.0 Å². The Hall–Kier alpha value is -0.270. The van der Waals surface area contributed by atoms with Gasteiger partial charge in [-0.3, -0.25) is 9.05 Å². The molecule has 0 fully saturated rings. The molecule has 8 heteroatoms. The van der Waals surface area contributed by atoms with E-state index in [0.717, 1.165) is 12.8 Å². The number of allylic oxidation sites excluding steroid dienone is 2. The third kappa shape index (κ3) is 24.8. The van der Waals surface area contributed by atoms with E-state index in [9.17, 15) is 9.46 Å². The van der Waals surface area contributed by atoms with Crippen LogP contribution >= 0.6 is 7.82 Å². The smallest absolute Gasteiger partial charge is 0.379 e. The number of likely N-dealkylation sites (N-methyl/N-ethyl adjacent to an activating group) is 1. The molecule has 0 aromatic carbocycles. The second-order valence-corrected chi connectivity index (χ2v) is 10.7. The molecule has 0 spiro atoms. The first kappa shape index (κ1) is 33.7. The van der Waals surface area contributed by atoms with E-state index in [4.69, 9.17) is 18.5 Å². The lowest BCUT2D eigenvalue weighted by atomic mass is 10.1. The molecule has 34 heavy (non-hydrogen) atoms. The van der Waals surface area contributed by atoms with Crippen molar-refractivity contribution >= 4 is 7.82 Å². The van der Waals surface area contributed by atoms with Crippen LogP contribution < -0.4 is 0 Å². The van der Waals surface area contributed by atoms with Crippen LogP contribution in [0.3, 0.4) is 0 Å². The third-order valence-electron chi connectivity index (χ3n) is 5.65. The summed E-state index contributed by atoms with van der Waals surface area (Å²) < 4.78 is 32.7. The summed E-state index contributed by atoms with van der Waals surface area (Å²) in [5, 5.41) is 0. The van der Waals surface area contributed by atoms with Crippen molar-refractivity contribution in [2.45, 2.75) is 103 Å². The molecule has 0 aliphatic rings. The van der Waals surface area contributed by atoms with E-state index in [1.165, 1.54) is 84.2 Å². The monoisotopic (exact) mass is 507 g/mol. The van der Waals surface area contributed by atoms with E-state index in [2.05, 4.69) is 19.1 Å². The summed E-state index contributed by atoms with van der Waals surface area (Å²) in [5.41, 5.74) is 0. The van der Waals surface area contributed by atoms with Crippen LogP contribution in [0.4, 0.5) is 0 Å². The Morgan fingerprint density at radius 2 is 1.35 bits per heavy atom. The van der Waals surface area contributed by atoms with Gasteiger partial charge in [0.1, 0.15) is 6.10 Å². The summed E-state index contributed by atoms with van der Waals surface area (Å²) in [4.78, 5) is 11.6. The highest BCUT2D eigenvalue weighted by atomic mass is 31.2. The van der Waals surface area contributed by atoms with Crippen molar-refractivity contribution in [1.82, 2.24) is 4.90 Å². The highest BCUT2D eigenvalue weighted by Crippen LogP contribution is 2.43. The van der Waals surface area contributed by atoms with Crippen molar-refractivity contribution < 1.29 is 28.0 Å². The molecule has 0 saturated carbocycles. The standard InChI is InChI=1S/C26H54NO6P/c1-5-6-7-8-9-10-11-12-13-14-15-16-17-18-19-20-22-31-24-26(30-4)25-33-34(28,29)32-23-21-27(2)3/h12-13,26H,5-11,14-25H2,1-4H3,(H,28,29)/b13-12+. The van der Waals surface area contributed by atoms with Gasteiger partial charge in [-0.15, -0.1) is 0 Å². The number of nitrogens with zero attached hydrogens (tertiary/aromatic N) is 1. The molecule has 2 unspecified atom stereocenters. The summed E-state index contributed by atoms with van der Waals surface area (Å²) in [6.07, 6.45) is 22.3. The summed E-state index contributed by atoms with van der Waals surface area (Å²) >= 11 is 0. The molecule has 0 aliphatic carbocycles. The zero-order valence-electron chi connectivity index (χ0n) is 22.5. The molecule has 1 N–H and O–H groups in total. The van der Waals surface area contributed by atoms with Gasteiger partial charge < -0.3 is 19.3 Å². The van der Waals surface area contributed by atoms with E-state index in [0.29, 0.717) is 19.8 Å². The zero-order chi connectivity index (χ0) is 25.3. The first-order valence-electron chi connectivity index (χ1n) is 13.4. The summed E-state index contributed by atoms with van der Waals surface area (Å²) in [6.45, 7) is 3.89. The van der Waals surface area contributed by atoms with Crippen molar-refractivity contribution in [2.75, 3.05) is 54.2 Å². The number of unbranched alkanes of at least 4 members (excludes halogenated alkanes) is 12. The Labute approximate surface area is 210 Å². The first-order valence-corrected chi connectivity index (χ1v) is 14.9. The Kier molecular flexibility index (Phi) is 24.2. The number of hydrogen-bond acceptors (Lipinski definition) is 6. The van der Waals surface area contributed by atoms with Gasteiger partial charge in [0, 0.05) is 20.3 Å². The fourth-order valence-corrected chi connectivity index (χ4v) is 4.15. The Balaban J connectivity index is 3.50. The second-order valence-electron chi connectivity index (χ2n) is 9.27. The minimum atomic E-state index is -4.06. The minimum Gasteiger partial charge on any atom is -0.379 e. The van der Waals surface area contributed by atoms with Crippen molar-refractivity contribution in [3.8, 4) is 0 Å². The lowest BCUT2D eigenvalue weighted by Gasteiger charge is -2.18. The normalized spacial score (nSPS) is 14.8. The number of methoxy groups -OCH3 is 1. The average Bonchev–Trinajstić information content (AvgIpc) is 2.79. The molecule has 2 atom stereocenters. The Morgan fingerprint density at radius 3 is 1.91 bits per heavy atom. The number of hydrogen-bond donors (Lipinski definition) is 1. The first-order chi connectivity index (χ1) is 16.4. The van der Waals surface area contributed by atoms with Crippen LogP contribution in [0.15, 0.2) is 12.2 Å². The largest absolute Gasteiger partial charge is 0.472 e. The van der Waals surface area contributed by atoms with Crippen LogP contribution in [0, 0.1) is 0 Å². The summed E-state index contributed by atoms with van der Waals surface area (Å²) in [7, 11) is 1.20. The molecular formula is C26H54NO6P. The van der Waals surface area contributed by atoms with E-state index >= 15 is 0 Å². The zero-order valence-corrected chi connectivity index (χ0v) is 23.4. The predicted molar refractivity (Wildman–Crippen MR) is 141 cm³/mol. The molecule has 7 nitrogen and oxygen atoms in total. The van der Waals surface area contributed by atoms with Crippen LogP contribution in [0.25, 0.3) is 0 Å². The van der Waals surface area contributed by atoms with E-state index < -0.39 is 13.9 Å². The van der Waals surface area contributed by atoms with E-state index in [1.54, 1.807) is 0 Å². The molecule has 0 heterocycles. The van der Waals surface area contributed by atoms with Gasteiger partial charge in [-0.25, -0.2) is 4.57 Å². The second kappa shape index (κ2) is 24.4. The number of phosphoric acid groups is 1. The van der Waals surface area contributed by atoms with Gasteiger partial charge in [0.25, 0.3) is 0 Å². The number of rotatable bonds is 26. The molecule has 204 valence electrons. The molecule has 0 radical (unpaired) electrons. The minimum absolute atomic E-state index is 0.0420. The van der Waals surface area contributed by atoms with Crippen molar-refractivity contribution in [1.29, 1.82) is 0 Å². The highest BCUT2D eigenvalue weighted by molar-refractivity contribution is 7.47. The molecule has 0 aliphatic heterocycles. The molecular weight excluding hydrogens is 453 g/mol. The van der Waals surface area contributed by atoms with Crippen LogP contribution in [0.1, 0.15) is 96.8 Å². The van der Waals surface area contributed by atoms with Gasteiger partial charge in [-0.05, 0) is 46.2 Å². The predicted octanol–water partition coefficient (Wildman–Crippen LogP) is 6.75. The van der Waals surface area contributed by atoms with Gasteiger partial charge in [0.15, 0.2) is 0 Å². The molecule has 0 saturated heterocycles. The van der Waals surface area contributed by atoms with Gasteiger partial charge in [0.05, 0.1) is 19.8 Å². The average molecular weight is 508 g/mol. The summed E-state index contributed by atoms with van der Waals surface area (Å²) in [6, 6.07) is 0.